The van der Waals surface area contributed by atoms with Crippen LogP contribution in [0.1, 0.15) is 10.4 Å². The molecule has 0 fully saturated rings. The van der Waals surface area contributed by atoms with Gasteiger partial charge in [0.05, 0.1) is 11.9 Å². The number of hydrogen-bond donors (Lipinski definition) is 1. The van der Waals surface area contributed by atoms with Crippen molar-refractivity contribution in [2.45, 2.75) is 0 Å². The van der Waals surface area contributed by atoms with Gasteiger partial charge in [-0.05, 0) is 36.4 Å². The lowest BCUT2D eigenvalue weighted by atomic mass is 10.2. The van der Waals surface area contributed by atoms with Crippen LogP contribution in [0.3, 0.4) is 0 Å². The summed E-state index contributed by atoms with van der Waals surface area (Å²) in [7, 11) is 0. The van der Waals surface area contributed by atoms with Crippen LogP contribution >= 0.6 is 0 Å². The van der Waals surface area contributed by atoms with E-state index < -0.39 is 0 Å². The molecule has 0 spiro atoms. The van der Waals surface area contributed by atoms with Gasteiger partial charge in [-0.25, -0.2) is 15.0 Å². The summed E-state index contributed by atoms with van der Waals surface area (Å²) in [5.41, 5.74) is 2.18. The van der Waals surface area contributed by atoms with Crippen LogP contribution in [0.5, 0.6) is 0 Å². The Kier molecular flexibility index (Phi) is 3.80. The van der Waals surface area contributed by atoms with Gasteiger partial charge in [-0.15, -0.1) is 0 Å². The molecule has 0 unspecified atom stereocenters. The SMILES string of the molecule is O=C(Nc1ccc(-n2ccnc2)cc1)c1ccc(-n2ccnc2)nc1. The van der Waals surface area contributed by atoms with Crippen LogP contribution < -0.4 is 5.32 Å². The predicted molar refractivity (Wildman–Crippen MR) is 92.9 cm³/mol. The van der Waals surface area contributed by atoms with E-state index in [1.165, 1.54) is 0 Å². The van der Waals surface area contributed by atoms with Gasteiger partial charge in [-0.2, -0.15) is 0 Å². The number of rotatable bonds is 4. The van der Waals surface area contributed by atoms with E-state index in [-0.39, 0.29) is 5.91 Å². The highest BCUT2D eigenvalue weighted by Gasteiger charge is 2.07. The molecular weight excluding hydrogens is 316 g/mol. The molecule has 0 aliphatic heterocycles. The summed E-state index contributed by atoms with van der Waals surface area (Å²) < 4.78 is 3.67. The quantitative estimate of drug-likeness (QED) is 0.624. The maximum atomic E-state index is 12.3. The molecule has 0 aliphatic rings. The zero-order valence-corrected chi connectivity index (χ0v) is 13.1. The lowest BCUT2D eigenvalue weighted by Gasteiger charge is -2.08. The number of carbonyl (C=O) groups excluding carboxylic acids is 1. The third kappa shape index (κ3) is 3.16. The van der Waals surface area contributed by atoms with Gasteiger partial charge in [0.15, 0.2) is 0 Å². The summed E-state index contributed by atoms with van der Waals surface area (Å²) >= 11 is 0. The number of nitrogens with one attached hydrogen (secondary N) is 1. The van der Waals surface area contributed by atoms with E-state index in [1.54, 1.807) is 54.1 Å². The molecule has 4 aromatic rings. The van der Waals surface area contributed by atoms with Crippen molar-refractivity contribution in [3.05, 3.63) is 85.6 Å². The minimum absolute atomic E-state index is 0.208. The van der Waals surface area contributed by atoms with Crippen LogP contribution in [0.4, 0.5) is 5.69 Å². The first-order valence-corrected chi connectivity index (χ1v) is 7.64. The zero-order valence-electron chi connectivity index (χ0n) is 13.1. The molecule has 1 aromatic carbocycles. The first kappa shape index (κ1) is 14.8. The molecule has 0 radical (unpaired) electrons. The van der Waals surface area contributed by atoms with E-state index in [2.05, 4.69) is 20.3 Å². The minimum Gasteiger partial charge on any atom is -0.322 e. The fourth-order valence-electron chi connectivity index (χ4n) is 2.40. The minimum atomic E-state index is -0.208. The molecule has 122 valence electrons. The number of carbonyl (C=O) groups is 1. The van der Waals surface area contributed by atoms with E-state index >= 15 is 0 Å². The molecular formula is C18H14N6O. The molecule has 3 aromatic heterocycles. The van der Waals surface area contributed by atoms with Gasteiger partial charge in [-0.3, -0.25) is 9.36 Å². The Balaban J connectivity index is 1.46. The summed E-state index contributed by atoms with van der Waals surface area (Å²) in [4.78, 5) is 24.6. The van der Waals surface area contributed by atoms with E-state index in [1.807, 2.05) is 35.0 Å². The molecule has 0 bridgehead atoms. The van der Waals surface area contributed by atoms with Gasteiger partial charge in [-0.1, -0.05) is 0 Å². The van der Waals surface area contributed by atoms with Crippen molar-refractivity contribution in [3.8, 4) is 11.5 Å². The Bertz CT molecular complexity index is 958. The van der Waals surface area contributed by atoms with Gasteiger partial charge in [0.1, 0.15) is 12.1 Å². The number of benzene rings is 1. The summed E-state index contributed by atoms with van der Waals surface area (Å²) in [5.74, 6) is 0.499. The molecule has 7 heteroatoms. The molecule has 4 rings (SSSR count). The molecule has 7 nitrogen and oxygen atoms in total. The fraction of sp³-hybridized carbons (Fsp3) is 0. The number of aromatic nitrogens is 5. The monoisotopic (exact) mass is 330 g/mol. The van der Waals surface area contributed by atoms with Crippen LogP contribution in [-0.2, 0) is 0 Å². The van der Waals surface area contributed by atoms with Crippen LogP contribution in [0.15, 0.2) is 80.0 Å². The number of hydrogen-bond acceptors (Lipinski definition) is 4. The number of amides is 1. The molecule has 0 saturated carbocycles. The van der Waals surface area contributed by atoms with E-state index in [9.17, 15) is 4.79 Å². The Morgan fingerprint density at radius 1 is 0.880 bits per heavy atom. The first-order valence-electron chi connectivity index (χ1n) is 7.64. The molecule has 1 N–H and O–H groups in total. The Hall–Kier alpha value is -3.74. The smallest absolute Gasteiger partial charge is 0.257 e. The van der Waals surface area contributed by atoms with Crippen molar-refractivity contribution in [2.75, 3.05) is 5.32 Å². The highest BCUT2D eigenvalue weighted by molar-refractivity contribution is 6.04. The fourth-order valence-corrected chi connectivity index (χ4v) is 2.40. The average Bonchev–Trinajstić information content (AvgIpc) is 3.36. The van der Waals surface area contributed by atoms with Gasteiger partial charge in [0.2, 0.25) is 0 Å². The van der Waals surface area contributed by atoms with Crippen molar-refractivity contribution in [1.29, 1.82) is 0 Å². The average molecular weight is 330 g/mol. The number of nitrogens with zero attached hydrogens (tertiary/aromatic N) is 5. The van der Waals surface area contributed by atoms with Crippen molar-refractivity contribution in [3.63, 3.8) is 0 Å². The Morgan fingerprint density at radius 3 is 2.20 bits per heavy atom. The third-order valence-corrected chi connectivity index (χ3v) is 3.71. The lowest BCUT2D eigenvalue weighted by molar-refractivity contribution is 0.102. The molecule has 1 amide bonds. The summed E-state index contributed by atoms with van der Waals surface area (Å²) in [5, 5.41) is 2.86. The van der Waals surface area contributed by atoms with Crippen LogP contribution in [0.2, 0.25) is 0 Å². The largest absolute Gasteiger partial charge is 0.322 e. The van der Waals surface area contributed by atoms with E-state index in [4.69, 9.17) is 0 Å². The zero-order chi connectivity index (χ0) is 17.1. The highest BCUT2D eigenvalue weighted by Crippen LogP contribution is 2.14. The maximum Gasteiger partial charge on any atom is 0.257 e. The molecule has 3 heterocycles. The highest BCUT2D eigenvalue weighted by atomic mass is 16.1. The van der Waals surface area contributed by atoms with Gasteiger partial charge in [0, 0.05) is 42.4 Å². The normalized spacial score (nSPS) is 10.6. The van der Waals surface area contributed by atoms with Crippen molar-refractivity contribution < 1.29 is 4.79 Å². The standard InChI is InChI=1S/C18H14N6O/c25-18(14-1-6-17(21-11-14)24-10-8-20-13-24)22-15-2-4-16(5-3-15)23-9-7-19-12-23/h1-13H,(H,22,25). The van der Waals surface area contributed by atoms with Crippen molar-refractivity contribution >= 4 is 11.6 Å². The van der Waals surface area contributed by atoms with Gasteiger partial charge >= 0.3 is 0 Å². The van der Waals surface area contributed by atoms with Gasteiger partial charge in [0.25, 0.3) is 5.91 Å². The summed E-state index contributed by atoms with van der Waals surface area (Å²) in [6.45, 7) is 0. The van der Waals surface area contributed by atoms with Crippen LogP contribution in [0, 0.1) is 0 Å². The first-order chi connectivity index (χ1) is 12.3. The van der Waals surface area contributed by atoms with Crippen molar-refractivity contribution in [1.82, 2.24) is 24.1 Å². The third-order valence-electron chi connectivity index (χ3n) is 3.71. The predicted octanol–water partition coefficient (Wildman–Crippen LogP) is 2.71. The van der Waals surface area contributed by atoms with Crippen LogP contribution in [-0.4, -0.2) is 30.0 Å². The van der Waals surface area contributed by atoms with E-state index in [0.717, 1.165) is 5.69 Å². The van der Waals surface area contributed by atoms with Crippen LogP contribution in [0.25, 0.3) is 11.5 Å². The second-order valence-corrected chi connectivity index (χ2v) is 5.35. The topological polar surface area (TPSA) is 77.6 Å². The molecule has 0 saturated heterocycles. The molecule has 0 aliphatic carbocycles. The lowest BCUT2D eigenvalue weighted by Crippen LogP contribution is -2.12. The second-order valence-electron chi connectivity index (χ2n) is 5.35. The molecule has 0 atom stereocenters. The number of imidazole rings is 2. The Morgan fingerprint density at radius 2 is 1.60 bits per heavy atom. The Labute approximate surface area is 143 Å². The maximum absolute atomic E-state index is 12.3. The van der Waals surface area contributed by atoms with E-state index in [0.29, 0.717) is 17.1 Å². The van der Waals surface area contributed by atoms with Gasteiger partial charge < -0.3 is 9.88 Å². The van der Waals surface area contributed by atoms with Crippen molar-refractivity contribution in [2.24, 2.45) is 0 Å². The summed E-state index contributed by atoms with van der Waals surface area (Å²) in [6, 6.07) is 11.0. The number of anilines is 1. The summed E-state index contributed by atoms with van der Waals surface area (Å²) in [6.07, 6.45) is 12.0. The molecule has 25 heavy (non-hydrogen) atoms. The second kappa shape index (κ2) is 6.40. The number of pyridine rings is 1.